The highest BCUT2D eigenvalue weighted by Gasteiger charge is 2.15. The molecule has 2 aromatic carbocycles. The van der Waals surface area contributed by atoms with E-state index in [0.717, 1.165) is 11.6 Å². The molecule has 1 amide bonds. The maximum absolute atomic E-state index is 12.0. The van der Waals surface area contributed by atoms with Crippen LogP contribution in [0.4, 0.5) is 11.4 Å². The Kier molecular flexibility index (Phi) is 3.65. The zero-order chi connectivity index (χ0) is 14.7. The van der Waals surface area contributed by atoms with E-state index in [0.29, 0.717) is 5.69 Å². The minimum Gasteiger partial charge on any atom is -0.507 e. The van der Waals surface area contributed by atoms with Crippen molar-refractivity contribution in [2.45, 2.75) is 6.92 Å². The first-order chi connectivity index (χ1) is 9.47. The molecule has 2 N–H and O–H groups in total. The molecule has 2 rings (SSSR count). The van der Waals surface area contributed by atoms with Crippen LogP contribution in [0, 0.1) is 17.0 Å². The predicted molar refractivity (Wildman–Crippen MR) is 73.9 cm³/mol. The molecule has 0 aliphatic carbocycles. The van der Waals surface area contributed by atoms with Crippen LogP contribution in [0.1, 0.15) is 15.9 Å². The lowest BCUT2D eigenvalue weighted by molar-refractivity contribution is -0.384. The molecule has 0 atom stereocenters. The number of hydrogen-bond donors (Lipinski definition) is 2. The first kappa shape index (κ1) is 13.5. The largest absolute Gasteiger partial charge is 0.507 e. The van der Waals surface area contributed by atoms with Gasteiger partial charge in [-0.1, -0.05) is 12.1 Å². The van der Waals surface area contributed by atoms with Gasteiger partial charge in [-0.15, -0.1) is 0 Å². The van der Waals surface area contributed by atoms with Crippen molar-refractivity contribution in [1.29, 1.82) is 0 Å². The molecule has 0 heterocycles. The van der Waals surface area contributed by atoms with E-state index in [1.54, 1.807) is 18.2 Å². The first-order valence-electron chi connectivity index (χ1n) is 5.83. The molecule has 0 bridgehead atoms. The van der Waals surface area contributed by atoms with Gasteiger partial charge < -0.3 is 10.4 Å². The number of nitro groups is 1. The molecule has 0 fully saturated rings. The number of hydrogen-bond acceptors (Lipinski definition) is 4. The number of anilines is 1. The quantitative estimate of drug-likeness (QED) is 0.663. The standard InChI is InChI=1S/C14H12N2O4/c1-9-3-2-4-10(7-9)15-14(18)12-6-5-11(16(19)20)8-13(12)17/h2-8,17H,1H3,(H,15,18). The van der Waals surface area contributed by atoms with Gasteiger partial charge in [0.1, 0.15) is 5.75 Å². The second-order valence-corrected chi connectivity index (χ2v) is 4.28. The van der Waals surface area contributed by atoms with E-state index in [1.165, 1.54) is 12.1 Å². The van der Waals surface area contributed by atoms with Crippen molar-refractivity contribution >= 4 is 17.3 Å². The Morgan fingerprint density at radius 3 is 2.60 bits per heavy atom. The second kappa shape index (κ2) is 5.40. The number of amides is 1. The first-order valence-corrected chi connectivity index (χ1v) is 5.83. The Labute approximate surface area is 114 Å². The molecule has 0 spiro atoms. The molecule has 20 heavy (non-hydrogen) atoms. The van der Waals surface area contributed by atoms with Crippen molar-refractivity contribution in [3.05, 3.63) is 63.7 Å². The number of nitrogens with one attached hydrogen (secondary N) is 1. The summed E-state index contributed by atoms with van der Waals surface area (Å²) in [6, 6.07) is 10.5. The number of non-ortho nitro benzene ring substituents is 1. The van der Waals surface area contributed by atoms with Gasteiger partial charge >= 0.3 is 0 Å². The number of phenolic OH excluding ortho intramolecular Hbond substituents is 1. The van der Waals surface area contributed by atoms with Crippen molar-refractivity contribution in [3.8, 4) is 5.75 Å². The van der Waals surface area contributed by atoms with Crippen LogP contribution in [0.3, 0.4) is 0 Å². The molecule has 6 nitrogen and oxygen atoms in total. The van der Waals surface area contributed by atoms with Gasteiger partial charge in [0, 0.05) is 11.8 Å². The summed E-state index contributed by atoms with van der Waals surface area (Å²) in [7, 11) is 0. The number of nitrogens with zero attached hydrogens (tertiary/aromatic N) is 1. The van der Waals surface area contributed by atoms with E-state index < -0.39 is 16.6 Å². The van der Waals surface area contributed by atoms with Crippen molar-refractivity contribution in [3.63, 3.8) is 0 Å². The van der Waals surface area contributed by atoms with E-state index in [2.05, 4.69) is 5.32 Å². The summed E-state index contributed by atoms with van der Waals surface area (Å²) in [6.07, 6.45) is 0. The third-order valence-corrected chi connectivity index (χ3v) is 2.71. The summed E-state index contributed by atoms with van der Waals surface area (Å²) in [5, 5.41) is 22.9. The topological polar surface area (TPSA) is 92.5 Å². The fourth-order valence-electron chi connectivity index (χ4n) is 1.75. The molecule has 0 aliphatic heterocycles. The summed E-state index contributed by atoms with van der Waals surface area (Å²) in [5.41, 5.74) is 1.29. The monoisotopic (exact) mass is 272 g/mol. The van der Waals surface area contributed by atoms with Crippen LogP contribution in [0.5, 0.6) is 5.75 Å². The third-order valence-electron chi connectivity index (χ3n) is 2.71. The zero-order valence-electron chi connectivity index (χ0n) is 10.7. The third kappa shape index (κ3) is 2.92. The van der Waals surface area contributed by atoms with Gasteiger partial charge in [0.2, 0.25) is 0 Å². The minimum atomic E-state index is -0.637. The molecule has 2 aromatic rings. The van der Waals surface area contributed by atoms with E-state index in [4.69, 9.17) is 0 Å². The molecule has 0 aliphatic rings. The summed E-state index contributed by atoms with van der Waals surface area (Å²) in [4.78, 5) is 21.9. The molecule has 6 heteroatoms. The highest BCUT2D eigenvalue weighted by atomic mass is 16.6. The summed E-state index contributed by atoms with van der Waals surface area (Å²) in [5.74, 6) is -0.952. The highest BCUT2D eigenvalue weighted by Crippen LogP contribution is 2.24. The lowest BCUT2D eigenvalue weighted by Gasteiger charge is -2.07. The Bertz CT molecular complexity index is 683. The number of rotatable bonds is 3. The zero-order valence-corrected chi connectivity index (χ0v) is 10.7. The molecule has 0 saturated heterocycles. The molecule has 0 saturated carbocycles. The van der Waals surface area contributed by atoms with E-state index >= 15 is 0 Å². The number of carbonyl (C=O) groups is 1. The van der Waals surface area contributed by atoms with Gasteiger partial charge in [0.05, 0.1) is 16.6 Å². The van der Waals surface area contributed by atoms with Gasteiger partial charge in [-0.2, -0.15) is 0 Å². The Morgan fingerprint density at radius 2 is 2.00 bits per heavy atom. The predicted octanol–water partition coefficient (Wildman–Crippen LogP) is 2.86. The Morgan fingerprint density at radius 1 is 1.25 bits per heavy atom. The van der Waals surface area contributed by atoms with Crippen LogP contribution in [-0.4, -0.2) is 15.9 Å². The normalized spacial score (nSPS) is 10.1. The number of benzene rings is 2. The maximum Gasteiger partial charge on any atom is 0.273 e. The number of carbonyl (C=O) groups excluding carboxylic acids is 1. The Balaban J connectivity index is 2.23. The smallest absolute Gasteiger partial charge is 0.273 e. The molecule has 0 radical (unpaired) electrons. The van der Waals surface area contributed by atoms with E-state index in [1.807, 2.05) is 13.0 Å². The molecular weight excluding hydrogens is 260 g/mol. The lowest BCUT2D eigenvalue weighted by Crippen LogP contribution is -2.12. The Hall–Kier alpha value is -2.89. The SMILES string of the molecule is Cc1cccc(NC(=O)c2ccc([N+](=O)[O-])cc2O)c1. The van der Waals surface area contributed by atoms with Crippen LogP contribution >= 0.6 is 0 Å². The van der Waals surface area contributed by atoms with Crippen LogP contribution in [0.2, 0.25) is 0 Å². The average Bonchev–Trinajstić information content (AvgIpc) is 2.38. The van der Waals surface area contributed by atoms with Gasteiger partial charge in [0.25, 0.3) is 11.6 Å². The molecular formula is C14H12N2O4. The van der Waals surface area contributed by atoms with E-state index in [9.17, 15) is 20.0 Å². The molecule has 102 valence electrons. The van der Waals surface area contributed by atoms with E-state index in [-0.39, 0.29) is 11.3 Å². The van der Waals surface area contributed by atoms with Gasteiger partial charge in [-0.25, -0.2) is 0 Å². The van der Waals surface area contributed by atoms with Crippen molar-refractivity contribution in [1.82, 2.24) is 0 Å². The van der Waals surface area contributed by atoms with Crippen molar-refractivity contribution in [2.24, 2.45) is 0 Å². The van der Waals surface area contributed by atoms with Crippen LogP contribution < -0.4 is 5.32 Å². The number of phenols is 1. The number of nitro benzene ring substituents is 1. The van der Waals surface area contributed by atoms with Gasteiger partial charge in [-0.3, -0.25) is 14.9 Å². The summed E-state index contributed by atoms with van der Waals surface area (Å²) < 4.78 is 0. The van der Waals surface area contributed by atoms with Crippen LogP contribution in [0.25, 0.3) is 0 Å². The van der Waals surface area contributed by atoms with Crippen LogP contribution in [0.15, 0.2) is 42.5 Å². The van der Waals surface area contributed by atoms with Gasteiger partial charge in [-0.05, 0) is 30.7 Å². The fourth-order valence-corrected chi connectivity index (χ4v) is 1.75. The maximum atomic E-state index is 12.0. The van der Waals surface area contributed by atoms with Crippen molar-refractivity contribution < 1.29 is 14.8 Å². The lowest BCUT2D eigenvalue weighted by atomic mass is 10.1. The average molecular weight is 272 g/mol. The minimum absolute atomic E-state index is 0.0166. The van der Waals surface area contributed by atoms with Crippen LogP contribution in [-0.2, 0) is 0 Å². The van der Waals surface area contributed by atoms with Gasteiger partial charge in [0.15, 0.2) is 0 Å². The fraction of sp³-hybridized carbons (Fsp3) is 0.0714. The second-order valence-electron chi connectivity index (χ2n) is 4.28. The highest BCUT2D eigenvalue weighted by molar-refractivity contribution is 6.06. The molecule has 0 aromatic heterocycles. The van der Waals surface area contributed by atoms with Crippen molar-refractivity contribution in [2.75, 3.05) is 5.32 Å². The number of aryl methyl sites for hydroxylation is 1. The molecule has 0 unspecified atom stereocenters. The number of aromatic hydroxyl groups is 1. The summed E-state index contributed by atoms with van der Waals surface area (Å²) >= 11 is 0. The summed E-state index contributed by atoms with van der Waals surface area (Å²) in [6.45, 7) is 1.89.